The third-order valence-corrected chi connectivity index (χ3v) is 6.10. The summed E-state index contributed by atoms with van der Waals surface area (Å²) in [6.07, 6.45) is 0. The summed E-state index contributed by atoms with van der Waals surface area (Å²) >= 11 is 6.00. The number of hydrogen-bond acceptors (Lipinski definition) is 3. The van der Waals surface area contributed by atoms with Crippen molar-refractivity contribution >= 4 is 21.6 Å². The monoisotopic (exact) mass is 328 g/mol. The summed E-state index contributed by atoms with van der Waals surface area (Å²) in [4.78, 5) is 1.44. The second kappa shape index (κ2) is 6.75. The van der Waals surface area contributed by atoms with Gasteiger partial charge in [0, 0.05) is 0 Å². The van der Waals surface area contributed by atoms with E-state index in [0.29, 0.717) is 13.1 Å². The summed E-state index contributed by atoms with van der Waals surface area (Å²) in [5.41, 5.74) is 0. The van der Waals surface area contributed by atoms with Crippen LogP contribution in [-0.4, -0.2) is 45.4 Å². The van der Waals surface area contributed by atoms with Crippen LogP contribution in [0.15, 0.2) is 29.2 Å². The van der Waals surface area contributed by atoms with Gasteiger partial charge in [-0.25, -0.2) is 8.42 Å². The van der Waals surface area contributed by atoms with Gasteiger partial charge in [0.25, 0.3) is 0 Å². The minimum Gasteiger partial charge on any atom is -0.332 e. The van der Waals surface area contributed by atoms with Crippen molar-refractivity contribution in [3.63, 3.8) is 0 Å². The van der Waals surface area contributed by atoms with E-state index in [1.807, 2.05) is 6.92 Å². The van der Waals surface area contributed by atoms with E-state index in [-0.39, 0.29) is 15.8 Å². The SMILES string of the molecule is C[C@@H](C#N)C[NH+]1CCN(S(=O)(=O)c2ccccc2Cl)CC1. The van der Waals surface area contributed by atoms with Gasteiger partial charge in [-0.05, 0) is 19.1 Å². The fourth-order valence-corrected chi connectivity index (χ4v) is 4.45. The van der Waals surface area contributed by atoms with Gasteiger partial charge in [-0.2, -0.15) is 9.57 Å². The molecule has 1 aliphatic rings. The van der Waals surface area contributed by atoms with Crippen molar-refractivity contribution in [2.24, 2.45) is 5.92 Å². The molecule has 7 heteroatoms. The summed E-state index contributed by atoms with van der Waals surface area (Å²) < 4.78 is 26.6. The lowest BCUT2D eigenvalue weighted by Gasteiger charge is -2.32. The van der Waals surface area contributed by atoms with Crippen molar-refractivity contribution in [2.75, 3.05) is 32.7 Å². The van der Waals surface area contributed by atoms with Crippen LogP contribution in [0.2, 0.25) is 5.02 Å². The number of benzene rings is 1. The fourth-order valence-electron chi connectivity index (χ4n) is 2.52. The fraction of sp³-hybridized carbons (Fsp3) is 0.500. The largest absolute Gasteiger partial charge is 0.332 e. The molecular weight excluding hydrogens is 310 g/mol. The van der Waals surface area contributed by atoms with Gasteiger partial charge in [0.1, 0.15) is 4.90 Å². The van der Waals surface area contributed by atoms with Crippen molar-refractivity contribution in [3.8, 4) is 6.07 Å². The molecule has 0 spiro atoms. The van der Waals surface area contributed by atoms with Crippen LogP contribution in [0, 0.1) is 17.2 Å². The highest BCUT2D eigenvalue weighted by Gasteiger charge is 2.31. The second-order valence-corrected chi connectivity index (χ2v) is 7.63. The minimum atomic E-state index is -3.53. The second-order valence-electron chi connectivity index (χ2n) is 5.32. The molecule has 1 aromatic carbocycles. The van der Waals surface area contributed by atoms with Crippen LogP contribution in [0.1, 0.15) is 6.92 Å². The van der Waals surface area contributed by atoms with E-state index >= 15 is 0 Å². The first-order valence-electron chi connectivity index (χ1n) is 6.93. The highest BCUT2D eigenvalue weighted by atomic mass is 35.5. The third-order valence-electron chi connectivity index (χ3n) is 3.70. The lowest BCUT2D eigenvalue weighted by Crippen LogP contribution is -3.15. The Bertz CT molecular complexity index is 634. The minimum absolute atomic E-state index is 0.00766. The van der Waals surface area contributed by atoms with Crippen LogP contribution < -0.4 is 4.90 Å². The normalized spacial score (nSPS) is 19.1. The molecule has 114 valence electrons. The number of nitrogens with zero attached hydrogens (tertiary/aromatic N) is 2. The molecule has 1 saturated heterocycles. The van der Waals surface area contributed by atoms with Crippen LogP contribution in [0.4, 0.5) is 0 Å². The van der Waals surface area contributed by atoms with Crippen LogP contribution in [0.3, 0.4) is 0 Å². The highest BCUT2D eigenvalue weighted by Crippen LogP contribution is 2.23. The molecule has 1 N–H and O–H groups in total. The first-order valence-corrected chi connectivity index (χ1v) is 8.75. The molecule has 21 heavy (non-hydrogen) atoms. The molecule has 1 aliphatic heterocycles. The van der Waals surface area contributed by atoms with E-state index in [9.17, 15) is 8.42 Å². The molecular formula is C14H19ClN3O2S+. The van der Waals surface area contributed by atoms with E-state index in [4.69, 9.17) is 16.9 Å². The van der Waals surface area contributed by atoms with Crippen molar-refractivity contribution in [2.45, 2.75) is 11.8 Å². The maximum absolute atomic E-state index is 12.6. The van der Waals surface area contributed by atoms with Gasteiger partial charge < -0.3 is 4.90 Å². The van der Waals surface area contributed by atoms with E-state index in [1.54, 1.807) is 18.2 Å². The zero-order valence-electron chi connectivity index (χ0n) is 11.9. The zero-order valence-corrected chi connectivity index (χ0v) is 13.5. The van der Waals surface area contributed by atoms with E-state index in [0.717, 1.165) is 19.6 Å². The Balaban J connectivity index is 2.05. The topological polar surface area (TPSA) is 65.6 Å². The number of sulfonamides is 1. The number of rotatable bonds is 4. The molecule has 5 nitrogen and oxygen atoms in total. The molecule has 2 rings (SSSR count). The number of halogens is 1. The van der Waals surface area contributed by atoms with E-state index in [1.165, 1.54) is 15.3 Å². The Morgan fingerprint density at radius 1 is 1.38 bits per heavy atom. The maximum atomic E-state index is 12.6. The lowest BCUT2D eigenvalue weighted by atomic mass is 10.2. The molecule has 1 aromatic rings. The average molecular weight is 329 g/mol. The molecule has 0 amide bonds. The quantitative estimate of drug-likeness (QED) is 0.869. The molecule has 0 aromatic heterocycles. The van der Waals surface area contributed by atoms with E-state index in [2.05, 4.69) is 6.07 Å². The summed E-state index contributed by atoms with van der Waals surface area (Å²) in [7, 11) is -3.53. The van der Waals surface area contributed by atoms with Gasteiger partial charge in [-0.3, -0.25) is 0 Å². The molecule has 1 atom stereocenters. The zero-order chi connectivity index (χ0) is 15.5. The maximum Gasteiger partial charge on any atom is 0.244 e. The van der Waals surface area contributed by atoms with Crippen molar-refractivity contribution < 1.29 is 13.3 Å². The van der Waals surface area contributed by atoms with Gasteiger partial charge in [-0.1, -0.05) is 23.7 Å². The highest BCUT2D eigenvalue weighted by molar-refractivity contribution is 7.89. The number of hydrogen-bond donors (Lipinski definition) is 1. The summed E-state index contributed by atoms with van der Waals surface area (Å²) in [6, 6.07) is 8.73. The Morgan fingerprint density at radius 3 is 2.57 bits per heavy atom. The average Bonchev–Trinajstić information content (AvgIpc) is 2.48. The lowest BCUT2D eigenvalue weighted by molar-refractivity contribution is -0.905. The number of nitriles is 1. The molecule has 0 saturated carbocycles. The van der Waals surface area contributed by atoms with Crippen LogP contribution in [0.5, 0.6) is 0 Å². The predicted molar refractivity (Wildman–Crippen MR) is 80.6 cm³/mol. The van der Waals surface area contributed by atoms with E-state index < -0.39 is 10.0 Å². The van der Waals surface area contributed by atoms with Crippen molar-refractivity contribution in [1.29, 1.82) is 5.26 Å². The van der Waals surface area contributed by atoms with Crippen LogP contribution in [-0.2, 0) is 10.0 Å². The van der Waals surface area contributed by atoms with Gasteiger partial charge in [0.2, 0.25) is 10.0 Å². The van der Waals surface area contributed by atoms with Crippen LogP contribution >= 0.6 is 11.6 Å². The predicted octanol–water partition coefficient (Wildman–Crippen LogP) is 0.389. The Labute approximate surface area is 130 Å². The Hall–Kier alpha value is -1.13. The van der Waals surface area contributed by atoms with Crippen molar-refractivity contribution in [1.82, 2.24) is 4.31 Å². The summed E-state index contributed by atoms with van der Waals surface area (Å²) in [5.74, 6) is -0.00766. The summed E-state index contributed by atoms with van der Waals surface area (Å²) in [5, 5.41) is 9.10. The first-order chi connectivity index (χ1) is 9.95. The molecule has 0 bridgehead atoms. The summed E-state index contributed by atoms with van der Waals surface area (Å²) in [6.45, 7) is 5.00. The Morgan fingerprint density at radius 2 is 2.00 bits per heavy atom. The molecule has 0 radical (unpaired) electrons. The third kappa shape index (κ3) is 3.74. The van der Waals surface area contributed by atoms with Gasteiger partial charge in [0.15, 0.2) is 0 Å². The first kappa shape index (κ1) is 16.2. The molecule has 0 unspecified atom stereocenters. The van der Waals surface area contributed by atoms with Gasteiger partial charge >= 0.3 is 0 Å². The van der Waals surface area contributed by atoms with Gasteiger partial charge in [0.05, 0.1) is 49.7 Å². The molecule has 1 fully saturated rings. The Kier molecular flexibility index (Phi) is 5.22. The molecule has 1 heterocycles. The van der Waals surface area contributed by atoms with Crippen LogP contribution in [0.25, 0.3) is 0 Å². The number of nitrogens with one attached hydrogen (secondary N) is 1. The standard InChI is InChI=1S/C14H18ClN3O2S/c1-12(10-16)11-17-6-8-18(9-7-17)21(19,20)14-5-3-2-4-13(14)15/h2-5,12H,6-9,11H2,1H3/p+1/t12-/m0/s1. The smallest absolute Gasteiger partial charge is 0.244 e. The number of piperazine rings is 1. The van der Waals surface area contributed by atoms with Gasteiger partial charge in [-0.15, -0.1) is 0 Å². The van der Waals surface area contributed by atoms with Crippen molar-refractivity contribution in [3.05, 3.63) is 29.3 Å². The number of quaternary nitrogens is 1. The molecule has 0 aliphatic carbocycles.